The molecule has 0 amide bonds. The van der Waals surface area contributed by atoms with Gasteiger partial charge in [-0.2, -0.15) is 0 Å². The maximum Gasteiger partial charge on any atom is 0.235 e. The zero-order valence-corrected chi connectivity index (χ0v) is 9.73. The minimum Gasteiger partial charge on any atom is -0.280 e. The zero-order valence-electron chi connectivity index (χ0n) is 8.91. The lowest BCUT2D eigenvalue weighted by molar-refractivity contribution is 0.590. The molecule has 0 aliphatic rings. The molecule has 5 heteroatoms. The van der Waals surface area contributed by atoms with Gasteiger partial charge in [0, 0.05) is 0 Å². The van der Waals surface area contributed by atoms with Crippen LogP contribution in [0, 0.1) is 12.7 Å². The molecule has 1 rings (SSSR count). The first-order valence-corrected chi connectivity index (χ1v) is 6.15. The lowest BCUT2D eigenvalue weighted by Crippen LogP contribution is -2.23. The predicted molar refractivity (Wildman–Crippen MR) is 58.8 cm³/mol. The molecule has 1 aromatic carbocycles. The maximum atomic E-state index is 13.3. The number of anilines is 1. The van der Waals surface area contributed by atoms with Crippen LogP contribution in [0.2, 0.25) is 0 Å². The smallest absolute Gasteiger partial charge is 0.235 e. The first kappa shape index (κ1) is 12.0. The summed E-state index contributed by atoms with van der Waals surface area (Å²) >= 11 is 0. The van der Waals surface area contributed by atoms with Crippen molar-refractivity contribution in [3.8, 4) is 0 Å². The third-order valence-electron chi connectivity index (χ3n) is 2.00. The average Bonchev–Trinajstić information content (AvgIpc) is 2.09. The number of nitrogens with one attached hydrogen (secondary N) is 1. The number of halogens is 1. The number of aryl methyl sites for hydroxylation is 1. The topological polar surface area (TPSA) is 46.2 Å². The SMILES string of the molecule is Cc1ccc(NS(=O)(=O)C(C)C)c(F)c1. The summed E-state index contributed by atoms with van der Waals surface area (Å²) in [5.74, 6) is -0.556. The van der Waals surface area contributed by atoms with Crippen LogP contribution in [0.3, 0.4) is 0 Å². The fourth-order valence-electron chi connectivity index (χ4n) is 0.974. The van der Waals surface area contributed by atoms with Crippen molar-refractivity contribution in [2.24, 2.45) is 0 Å². The van der Waals surface area contributed by atoms with Crippen LogP contribution in [0.5, 0.6) is 0 Å². The molecule has 0 heterocycles. The molecule has 1 aromatic rings. The summed E-state index contributed by atoms with van der Waals surface area (Å²) in [6, 6.07) is 4.37. The van der Waals surface area contributed by atoms with Gasteiger partial charge in [-0.25, -0.2) is 12.8 Å². The number of rotatable bonds is 3. The molecule has 0 bridgehead atoms. The van der Waals surface area contributed by atoms with Crippen LogP contribution in [0.4, 0.5) is 10.1 Å². The molecule has 15 heavy (non-hydrogen) atoms. The van der Waals surface area contributed by atoms with E-state index in [1.807, 2.05) is 0 Å². The van der Waals surface area contributed by atoms with Crippen LogP contribution in [0.25, 0.3) is 0 Å². The average molecular weight is 231 g/mol. The van der Waals surface area contributed by atoms with E-state index in [0.29, 0.717) is 0 Å². The van der Waals surface area contributed by atoms with Gasteiger partial charge in [-0.1, -0.05) is 6.07 Å². The highest BCUT2D eigenvalue weighted by Crippen LogP contribution is 2.17. The molecule has 0 spiro atoms. The van der Waals surface area contributed by atoms with E-state index in [2.05, 4.69) is 4.72 Å². The van der Waals surface area contributed by atoms with Crippen molar-refractivity contribution in [2.45, 2.75) is 26.0 Å². The van der Waals surface area contributed by atoms with Gasteiger partial charge in [0.2, 0.25) is 10.0 Å². The Labute approximate surface area is 89.4 Å². The van der Waals surface area contributed by atoms with Gasteiger partial charge in [0.25, 0.3) is 0 Å². The van der Waals surface area contributed by atoms with Gasteiger partial charge in [-0.3, -0.25) is 4.72 Å². The van der Waals surface area contributed by atoms with Crippen molar-refractivity contribution in [1.29, 1.82) is 0 Å². The van der Waals surface area contributed by atoms with Crippen LogP contribution in [0.1, 0.15) is 19.4 Å². The van der Waals surface area contributed by atoms with E-state index < -0.39 is 21.1 Å². The lowest BCUT2D eigenvalue weighted by atomic mass is 10.2. The molecule has 0 aliphatic heterocycles. The monoisotopic (exact) mass is 231 g/mol. The Balaban J connectivity index is 3.01. The van der Waals surface area contributed by atoms with E-state index in [-0.39, 0.29) is 5.69 Å². The summed E-state index contributed by atoms with van der Waals surface area (Å²) in [5.41, 5.74) is 0.745. The summed E-state index contributed by atoms with van der Waals surface area (Å²) in [7, 11) is -3.48. The first-order valence-electron chi connectivity index (χ1n) is 4.60. The largest absolute Gasteiger partial charge is 0.280 e. The van der Waals surface area contributed by atoms with Crippen molar-refractivity contribution < 1.29 is 12.8 Å². The second kappa shape index (κ2) is 4.18. The van der Waals surface area contributed by atoms with Crippen molar-refractivity contribution in [2.75, 3.05) is 4.72 Å². The zero-order chi connectivity index (χ0) is 11.6. The second-order valence-electron chi connectivity index (χ2n) is 3.68. The van der Waals surface area contributed by atoms with Crippen molar-refractivity contribution in [1.82, 2.24) is 0 Å². The molecule has 0 unspecified atom stereocenters. The standard InChI is InChI=1S/C10H14FNO2S/c1-7(2)15(13,14)12-10-5-4-8(3)6-9(10)11/h4-7,12H,1-3H3. The van der Waals surface area contributed by atoms with E-state index in [9.17, 15) is 12.8 Å². The molecule has 0 atom stereocenters. The lowest BCUT2D eigenvalue weighted by Gasteiger charge is -2.11. The second-order valence-corrected chi connectivity index (χ2v) is 5.92. The molecule has 0 radical (unpaired) electrons. The van der Waals surface area contributed by atoms with E-state index in [0.717, 1.165) is 5.56 Å². The Hall–Kier alpha value is -1.10. The molecule has 0 fully saturated rings. The van der Waals surface area contributed by atoms with Gasteiger partial charge >= 0.3 is 0 Å². The van der Waals surface area contributed by atoms with E-state index >= 15 is 0 Å². The third-order valence-corrected chi connectivity index (χ3v) is 3.74. The Kier molecular flexibility index (Phi) is 3.34. The highest BCUT2D eigenvalue weighted by molar-refractivity contribution is 7.93. The predicted octanol–water partition coefficient (Wildman–Crippen LogP) is 2.28. The van der Waals surface area contributed by atoms with Gasteiger partial charge in [0.05, 0.1) is 10.9 Å². The molecule has 1 N–H and O–H groups in total. The molecule has 84 valence electrons. The minimum absolute atomic E-state index is 0.00528. The van der Waals surface area contributed by atoms with Crippen molar-refractivity contribution >= 4 is 15.7 Å². The summed E-state index contributed by atoms with van der Waals surface area (Å²) < 4.78 is 38.4. The fourth-order valence-corrected chi connectivity index (χ4v) is 1.68. The molecule has 0 aliphatic carbocycles. The van der Waals surface area contributed by atoms with Crippen molar-refractivity contribution in [3.63, 3.8) is 0 Å². The summed E-state index contributed by atoms with van der Waals surface area (Å²) in [6.07, 6.45) is 0. The maximum absolute atomic E-state index is 13.3. The van der Waals surface area contributed by atoms with Crippen molar-refractivity contribution in [3.05, 3.63) is 29.6 Å². The van der Waals surface area contributed by atoms with Crippen LogP contribution in [-0.4, -0.2) is 13.7 Å². The summed E-state index contributed by atoms with van der Waals surface area (Å²) in [4.78, 5) is 0. The Morgan fingerprint density at radius 2 is 1.93 bits per heavy atom. The highest BCUT2D eigenvalue weighted by atomic mass is 32.2. The minimum atomic E-state index is -3.48. The summed E-state index contributed by atoms with van der Waals surface area (Å²) in [6.45, 7) is 4.81. The Morgan fingerprint density at radius 3 is 2.40 bits per heavy atom. The highest BCUT2D eigenvalue weighted by Gasteiger charge is 2.17. The number of benzene rings is 1. The van der Waals surface area contributed by atoms with Gasteiger partial charge in [-0.05, 0) is 38.5 Å². The Bertz CT molecular complexity index is 454. The molecule has 0 aromatic heterocycles. The Morgan fingerprint density at radius 1 is 1.33 bits per heavy atom. The van der Waals surface area contributed by atoms with Crippen LogP contribution >= 0.6 is 0 Å². The van der Waals surface area contributed by atoms with E-state index in [4.69, 9.17) is 0 Å². The number of sulfonamides is 1. The normalized spacial score (nSPS) is 11.8. The number of hydrogen-bond donors (Lipinski definition) is 1. The quantitative estimate of drug-likeness (QED) is 0.867. The first-order chi connectivity index (χ1) is 6.83. The van der Waals surface area contributed by atoms with Crippen LogP contribution < -0.4 is 4.72 Å². The van der Waals surface area contributed by atoms with Crippen LogP contribution in [0.15, 0.2) is 18.2 Å². The molecule has 0 saturated heterocycles. The van der Waals surface area contributed by atoms with Gasteiger partial charge in [-0.15, -0.1) is 0 Å². The summed E-state index contributed by atoms with van der Waals surface area (Å²) in [5, 5.41) is -0.585. The molecule has 0 saturated carbocycles. The molecular formula is C10H14FNO2S. The van der Waals surface area contributed by atoms with Gasteiger partial charge in [0.1, 0.15) is 5.82 Å². The van der Waals surface area contributed by atoms with Gasteiger partial charge in [0.15, 0.2) is 0 Å². The molecule has 3 nitrogen and oxygen atoms in total. The van der Waals surface area contributed by atoms with E-state index in [1.54, 1.807) is 13.0 Å². The van der Waals surface area contributed by atoms with Gasteiger partial charge < -0.3 is 0 Å². The van der Waals surface area contributed by atoms with E-state index in [1.165, 1.54) is 26.0 Å². The molecular weight excluding hydrogens is 217 g/mol. The number of hydrogen-bond acceptors (Lipinski definition) is 2. The fraction of sp³-hybridized carbons (Fsp3) is 0.400. The van der Waals surface area contributed by atoms with Crippen LogP contribution in [-0.2, 0) is 10.0 Å². The third kappa shape index (κ3) is 2.92.